The van der Waals surface area contributed by atoms with E-state index in [1.54, 1.807) is 7.11 Å². The van der Waals surface area contributed by atoms with Gasteiger partial charge in [0, 0.05) is 37.7 Å². The van der Waals surface area contributed by atoms with Crippen molar-refractivity contribution in [2.45, 2.75) is 24.6 Å². The van der Waals surface area contributed by atoms with Gasteiger partial charge in [-0.05, 0) is 38.2 Å². The second kappa shape index (κ2) is 9.92. The van der Waals surface area contributed by atoms with Gasteiger partial charge >= 0.3 is 0 Å². The van der Waals surface area contributed by atoms with Gasteiger partial charge in [0.15, 0.2) is 5.96 Å². The number of aliphatic imine (C=N–C) groups is 1. The second-order valence-electron chi connectivity index (χ2n) is 6.53. The first-order valence-corrected chi connectivity index (χ1v) is 10.0. The molecule has 0 aliphatic carbocycles. The van der Waals surface area contributed by atoms with Crippen LogP contribution in [-0.4, -0.2) is 74.6 Å². The molecule has 0 radical (unpaired) electrons. The van der Waals surface area contributed by atoms with Crippen LogP contribution in [0.2, 0.25) is 0 Å². The van der Waals surface area contributed by atoms with E-state index in [0.29, 0.717) is 5.25 Å². The average Bonchev–Trinajstić information content (AvgIpc) is 2.65. The van der Waals surface area contributed by atoms with E-state index in [2.05, 4.69) is 65.0 Å². The highest BCUT2D eigenvalue weighted by molar-refractivity contribution is 8.00. The van der Waals surface area contributed by atoms with Crippen LogP contribution in [0.15, 0.2) is 29.3 Å². The largest absolute Gasteiger partial charge is 0.497 e. The Hall–Kier alpha value is -1.40. The van der Waals surface area contributed by atoms with Crippen LogP contribution in [0.4, 0.5) is 0 Å². The number of hydrogen-bond acceptors (Lipinski definition) is 4. The first-order chi connectivity index (χ1) is 12.1. The Labute approximate surface area is 156 Å². The fraction of sp³-hybridized carbons (Fsp3) is 0.632. The highest BCUT2D eigenvalue weighted by Gasteiger charge is 2.22. The summed E-state index contributed by atoms with van der Waals surface area (Å²) in [6, 6.07) is 8.60. The van der Waals surface area contributed by atoms with Crippen molar-refractivity contribution in [1.29, 1.82) is 0 Å². The van der Waals surface area contributed by atoms with E-state index in [1.807, 2.05) is 19.2 Å². The van der Waals surface area contributed by atoms with E-state index < -0.39 is 0 Å². The van der Waals surface area contributed by atoms with Crippen molar-refractivity contribution in [1.82, 2.24) is 15.1 Å². The predicted octanol–water partition coefficient (Wildman–Crippen LogP) is 2.70. The molecule has 0 aromatic heterocycles. The molecule has 25 heavy (non-hydrogen) atoms. The summed E-state index contributed by atoms with van der Waals surface area (Å²) < 4.78 is 5.27. The summed E-state index contributed by atoms with van der Waals surface area (Å²) in [5.41, 5.74) is 1.27. The van der Waals surface area contributed by atoms with Crippen LogP contribution >= 0.6 is 11.8 Å². The van der Waals surface area contributed by atoms with Crippen molar-refractivity contribution in [3.8, 4) is 5.75 Å². The van der Waals surface area contributed by atoms with Crippen molar-refractivity contribution in [2.24, 2.45) is 4.99 Å². The molecule has 2 unspecified atom stereocenters. The molecule has 1 aromatic carbocycles. The number of thioether (sulfide) groups is 1. The summed E-state index contributed by atoms with van der Waals surface area (Å²) >= 11 is 2.08. The Balaban J connectivity index is 2.01. The zero-order chi connectivity index (χ0) is 18.2. The topological polar surface area (TPSA) is 40.1 Å². The van der Waals surface area contributed by atoms with Crippen molar-refractivity contribution in [3.05, 3.63) is 29.8 Å². The minimum atomic E-state index is 0.281. The number of rotatable bonds is 6. The molecule has 2 atom stereocenters. The minimum Gasteiger partial charge on any atom is -0.497 e. The van der Waals surface area contributed by atoms with Crippen LogP contribution in [0, 0.1) is 0 Å². The van der Waals surface area contributed by atoms with E-state index in [1.165, 1.54) is 17.7 Å². The van der Waals surface area contributed by atoms with Gasteiger partial charge in [-0.15, -0.1) is 0 Å². The molecule has 1 aromatic rings. The van der Waals surface area contributed by atoms with E-state index in [4.69, 9.17) is 4.74 Å². The average molecular weight is 365 g/mol. The Bertz CT molecular complexity index is 547. The molecular formula is C19H32N4OS. The highest BCUT2D eigenvalue weighted by Crippen LogP contribution is 2.22. The number of nitrogens with zero attached hydrogens (tertiary/aromatic N) is 3. The molecule has 140 valence electrons. The van der Waals surface area contributed by atoms with Crippen molar-refractivity contribution in [3.63, 3.8) is 0 Å². The number of ether oxygens (including phenoxy) is 1. The van der Waals surface area contributed by atoms with E-state index in [0.717, 1.165) is 31.3 Å². The molecule has 6 heteroatoms. The summed E-state index contributed by atoms with van der Waals surface area (Å²) in [6.45, 7) is 5.24. The quantitative estimate of drug-likeness (QED) is 0.621. The number of nitrogens with one attached hydrogen (secondary N) is 1. The van der Waals surface area contributed by atoms with Crippen LogP contribution in [0.25, 0.3) is 0 Å². The first kappa shape index (κ1) is 19.9. The molecule has 5 nitrogen and oxygen atoms in total. The zero-order valence-electron chi connectivity index (χ0n) is 16.2. The monoisotopic (exact) mass is 364 g/mol. The van der Waals surface area contributed by atoms with Gasteiger partial charge < -0.3 is 19.9 Å². The maximum atomic E-state index is 5.27. The maximum absolute atomic E-state index is 5.27. The molecule has 1 N–H and O–H groups in total. The summed E-state index contributed by atoms with van der Waals surface area (Å²) in [4.78, 5) is 9.15. The summed E-state index contributed by atoms with van der Waals surface area (Å²) in [5.74, 6) is 3.08. The molecule has 1 aliphatic heterocycles. The van der Waals surface area contributed by atoms with Crippen LogP contribution in [0.1, 0.15) is 24.9 Å². The van der Waals surface area contributed by atoms with E-state index in [-0.39, 0.29) is 6.04 Å². The standard InChI is InChI=1S/C19H32N4OS/c1-6-17-14-23(11-12-25-17)19(20-2)21-13-18(22(3)4)15-7-9-16(24-5)10-8-15/h7-10,17-18H,6,11-14H2,1-5H3,(H,20,21). The molecule has 1 saturated heterocycles. The van der Waals surface area contributed by atoms with Gasteiger partial charge in [-0.3, -0.25) is 4.99 Å². The summed E-state index contributed by atoms with van der Waals surface area (Å²) in [6.07, 6.45) is 1.21. The second-order valence-corrected chi connectivity index (χ2v) is 7.94. The zero-order valence-corrected chi connectivity index (χ0v) is 17.0. The number of benzene rings is 1. The Morgan fingerprint density at radius 2 is 2.12 bits per heavy atom. The Morgan fingerprint density at radius 3 is 2.68 bits per heavy atom. The normalized spacial score (nSPS) is 19.8. The fourth-order valence-corrected chi connectivity index (χ4v) is 4.28. The molecule has 0 saturated carbocycles. The lowest BCUT2D eigenvalue weighted by molar-refractivity contribution is 0.293. The fourth-order valence-electron chi connectivity index (χ4n) is 3.10. The van der Waals surface area contributed by atoms with Gasteiger partial charge in [-0.25, -0.2) is 0 Å². The van der Waals surface area contributed by atoms with Crippen LogP contribution in [-0.2, 0) is 0 Å². The van der Waals surface area contributed by atoms with Crippen molar-refractivity contribution in [2.75, 3.05) is 53.6 Å². The number of guanidine groups is 1. The van der Waals surface area contributed by atoms with Crippen molar-refractivity contribution < 1.29 is 4.74 Å². The van der Waals surface area contributed by atoms with Crippen LogP contribution in [0.5, 0.6) is 5.75 Å². The van der Waals surface area contributed by atoms with Gasteiger partial charge in [0.25, 0.3) is 0 Å². The number of likely N-dealkylation sites (N-methyl/N-ethyl adjacent to an activating group) is 1. The molecule has 0 amide bonds. The molecular weight excluding hydrogens is 332 g/mol. The third-order valence-electron chi connectivity index (χ3n) is 4.68. The lowest BCUT2D eigenvalue weighted by Crippen LogP contribution is -2.49. The van der Waals surface area contributed by atoms with Gasteiger partial charge in [0.05, 0.1) is 13.2 Å². The molecule has 0 spiro atoms. The van der Waals surface area contributed by atoms with E-state index in [9.17, 15) is 0 Å². The van der Waals surface area contributed by atoms with Gasteiger partial charge in [-0.2, -0.15) is 11.8 Å². The SMILES string of the molecule is CCC1CN(C(=NC)NCC(c2ccc(OC)cc2)N(C)C)CCS1. The lowest BCUT2D eigenvalue weighted by Gasteiger charge is -2.35. The maximum Gasteiger partial charge on any atom is 0.193 e. The summed E-state index contributed by atoms with van der Waals surface area (Å²) in [7, 11) is 7.81. The Morgan fingerprint density at radius 1 is 1.40 bits per heavy atom. The van der Waals surface area contributed by atoms with Gasteiger partial charge in [0.2, 0.25) is 0 Å². The van der Waals surface area contributed by atoms with Gasteiger partial charge in [0.1, 0.15) is 5.75 Å². The van der Waals surface area contributed by atoms with E-state index >= 15 is 0 Å². The smallest absolute Gasteiger partial charge is 0.193 e. The van der Waals surface area contributed by atoms with Crippen LogP contribution in [0.3, 0.4) is 0 Å². The third-order valence-corrected chi connectivity index (χ3v) is 6.05. The first-order valence-electron chi connectivity index (χ1n) is 8.96. The highest BCUT2D eigenvalue weighted by atomic mass is 32.2. The molecule has 1 heterocycles. The van der Waals surface area contributed by atoms with Crippen LogP contribution < -0.4 is 10.1 Å². The summed E-state index contributed by atoms with van der Waals surface area (Å²) in [5, 5.41) is 4.29. The molecule has 2 rings (SSSR count). The minimum absolute atomic E-state index is 0.281. The lowest BCUT2D eigenvalue weighted by atomic mass is 10.1. The van der Waals surface area contributed by atoms with Crippen molar-refractivity contribution >= 4 is 17.7 Å². The molecule has 1 fully saturated rings. The third kappa shape index (κ3) is 5.54. The van der Waals surface area contributed by atoms with Gasteiger partial charge in [-0.1, -0.05) is 19.1 Å². The molecule has 1 aliphatic rings. The Kier molecular flexibility index (Phi) is 7.90. The molecule has 0 bridgehead atoms. The number of methoxy groups -OCH3 is 1. The number of hydrogen-bond donors (Lipinski definition) is 1. The predicted molar refractivity (Wildman–Crippen MR) is 109 cm³/mol.